The molecule has 0 fully saturated rings. The fourth-order valence-electron chi connectivity index (χ4n) is 2.85. The van der Waals surface area contributed by atoms with Gasteiger partial charge < -0.3 is 9.73 Å². The molecular weight excluding hydrogens is 432 g/mol. The summed E-state index contributed by atoms with van der Waals surface area (Å²) in [6.45, 7) is 0.456. The summed E-state index contributed by atoms with van der Waals surface area (Å²) in [6.07, 6.45) is 1.49. The molecule has 6 nitrogen and oxygen atoms in total. The highest BCUT2D eigenvalue weighted by molar-refractivity contribution is 9.10. The van der Waals surface area contributed by atoms with Crippen molar-refractivity contribution < 1.29 is 18.8 Å². The van der Waals surface area contributed by atoms with Gasteiger partial charge in [0.05, 0.1) is 30.5 Å². The second-order valence-corrected chi connectivity index (χ2v) is 7.86. The standard InChI is InChI=1S/C19H13BrN2O4S/c20-12-7-14(27-10-12)8-21-17(23)11-3-4-15-16(6-11)19(25)22(18(15)24)9-13-2-1-5-26-13/h1-7,10H,8-9H2,(H,21,23). The van der Waals surface area contributed by atoms with Gasteiger partial charge in [0.25, 0.3) is 17.7 Å². The van der Waals surface area contributed by atoms with E-state index >= 15 is 0 Å². The smallest absolute Gasteiger partial charge is 0.261 e. The molecule has 0 atom stereocenters. The highest BCUT2D eigenvalue weighted by atomic mass is 79.9. The Hall–Kier alpha value is -2.71. The number of carbonyl (C=O) groups excluding carboxylic acids is 3. The van der Waals surface area contributed by atoms with Crippen LogP contribution in [0.2, 0.25) is 0 Å². The predicted octanol–water partition coefficient (Wildman–Crippen LogP) is 3.83. The molecule has 1 aliphatic heterocycles. The highest BCUT2D eigenvalue weighted by Gasteiger charge is 2.36. The summed E-state index contributed by atoms with van der Waals surface area (Å²) >= 11 is 4.91. The lowest BCUT2D eigenvalue weighted by Crippen LogP contribution is -2.28. The summed E-state index contributed by atoms with van der Waals surface area (Å²) in [5.41, 5.74) is 0.869. The van der Waals surface area contributed by atoms with Crippen LogP contribution in [-0.2, 0) is 13.1 Å². The number of hydrogen-bond acceptors (Lipinski definition) is 5. The number of rotatable bonds is 5. The zero-order valence-electron chi connectivity index (χ0n) is 13.9. The van der Waals surface area contributed by atoms with Gasteiger partial charge in [-0.2, -0.15) is 0 Å². The van der Waals surface area contributed by atoms with Crippen molar-refractivity contribution in [2.75, 3.05) is 0 Å². The van der Waals surface area contributed by atoms with Crippen LogP contribution in [0.3, 0.4) is 0 Å². The maximum atomic E-state index is 12.6. The number of furan rings is 1. The van der Waals surface area contributed by atoms with Gasteiger partial charge in [-0.3, -0.25) is 19.3 Å². The van der Waals surface area contributed by atoms with Crippen LogP contribution in [0.5, 0.6) is 0 Å². The van der Waals surface area contributed by atoms with Crippen LogP contribution >= 0.6 is 27.3 Å². The van der Waals surface area contributed by atoms with E-state index in [4.69, 9.17) is 4.42 Å². The minimum Gasteiger partial charge on any atom is -0.467 e. The molecule has 0 saturated heterocycles. The van der Waals surface area contributed by atoms with E-state index < -0.39 is 5.91 Å². The Labute approximate surface area is 166 Å². The van der Waals surface area contributed by atoms with E-state index in [9.17, 15) is 14.4 Å². The second-order valence-electron chi connectivity index (χ2n) is 5.95. The molecule has 3 aromatic rings. The summed E-state index contributed by atoms with van der Waals surface area (Å²) < 4.78 is 6.18. The average Bonchev–Trinajstić information content (AvgIpc) is 3.38. The van der Waals surface area contributed by atoms with Crippen molar-refractivity contribution in [3.05, 3.63) is 79.8 Å². The van der Waals surface area contributed by atoms with Crippen molar-refractivity contribution >= 4 is 45.0 Å². The summed E-state index contributed by atoms with van der Waals surface area (Å²) in [5.74, 6) is -0.596. The molecule has 8 heteroatoms. The van der Waals surface area contributed by atoms with Gasteiger partial charge in [0.2, 0.25) is 0 Å². The minimum absolute atomic E-state index is 0.0636. The largest absolute Gasteiger partial charge is 0.467 e. The van der Waals surface area contributed by atoms with Crippen molar-refractivity contribution in [2.45, 2.75) is 13.1 Å². The van der Waals surface area contributed by atoms with Crippen molar-refractivity contribution in [2.24, 2.45) is 0 Å². The summed E-state index contributed by atoms with van der Waals surface area (Å²) in [5, 5.41) is 4.76. The normalized spacial score (nSPS) is 13.1. The fourth-order valence-corrected chi connectivity index (χ4v) is 4.24. The zero-order chi connectivity index (χ0) is 19.0. The number of fused-ring (bicyclic) bond motifs is 1. The lowest BCUT2D eigenvalue weighted by Gasteiger charge is -2.11. The number of thiophene rings is 1. The van der Waals surface area contributed by atoms with Crippen molar-refractivity contribution in [3.8, 4) is 0 Å². The Bertz CT molecular complexity index is 1040. The third-order valence-electron chi connectivity index (χ3n) is 4.17. The molecule has 0 saturated carbocycles. The molecule has 0 unspecified atom stereocenters. The Morgan fingerprint density at radius 2 is 1.96 bits per heavy atom. The Balaban J connectivity index is 1.51. The number of benzene rings is 1. The van der Waals surface area contributed by atoms with Gasteiger partial charge in [0.15, 0.2) is 0 Å². The molecule has 0 aliphatic carbocycles. The Morgan fingerprint density at radius 1 is 1.15 bits per heavy atom. The van der Waals surface area contributed by atoms with Crippen LogP contribution in [-0.4, -0.2) is 22.6 Å². The molecule has 2 aromatic heterocycles. The second kappa shape index (κ2) is 7.13. The van der Waals surface area contributed by atoms with Gasteiger partial charge >= 0.3 is 0 Å². The topological polar surface area (TPSA) is 79.6 Å². The summed E-state index contributed by atoms with van der Waals surface area (Å²) in [7, 11) is 0. The van der Waals surface area contributed by atoms with E-state index in [1.165, 1.54) is 29.7 Å². The van der Waals surface area contributed by atoms with Gasteiger partial charge in [0.1, 0.15) is 5.76 Å². The van der Waals surface area contributed by atoms with Crippen LogP contribution in [0, 0.1) is 0 Å². The SMILES string of the molecule is O=C(NCc1cc(Br)cs1)c1ccc2c(c1)C(=O)N(Cc1ccco1)C2=O. The predicted molar refractivity (Wildman–Crippen MR) is 103 cm³/mol. The maximum Gasteiger partial charge on any atom is 0.261 e. The van der Waals surface area contributed by atoms with E-state index in [1.807, 2.05) is 11.4 Å². The quantitative estimate of drug-likeness (QED) is 0.606. The molecule has 0 bridgehead atoms. The van der Waals surface area contributed by atoms with Crippen molar-refractivity contribution in [1.29, 1.82) is 0 Å². The van der Waals surface area contributed by atoms with E-state index in [0.29, 0.717) is 23.4 Å². The monoisotopic (exact) mass is 444 g/mol. The molecule has 0 radical (unpaired) electrons. The molecule has 1 aliphatic rings. The lowest BCUT2D eigenvalue weighted by atomic mass is 10.1. The fraction of sp³-hybridized carbons (Fsp3) is 0.105. The molecular formula is C19H13BrN2O4S. The molecule has 0 spiro atoms. The van der Waals surface area contributed by atoms with Crippen LogP contribution in [0.4, 0.5) is 0 Å². The van der Waals surface area contributed by atoms with Crippen LogP contribution in [0.1, 0.15) is 41.7 Å². The third kappa shape index (κ3) is 3.45. The number of nitrogens with one attached hydrogen (secondary N) is 1. The van der Waals surface area contributed by atoms with Gasteiger partial charge in [0, 0.05) is 20.3 Å². The lowest BCUT2D eigenvalue weighted by molar-refractivity contribution is 0.0631. The maximum absolute atomic E-state index is 12.6. The first-order chi connectivity index (χ1) is 13.0. The van der Waals surface area contributed by atoms with Gasteiger partial charge in [-0.05, 0) is 52.3 Å². The van der Waals surface area contributed by atoms with Gasteiger partial charge in [-0.1, -0.05) is 0 Å². The van der Waals surface area contributed by atoms with E-state index in [0.717, 1.165) is 14.2 Å². The molecule has 4 rings (SSSR count). The van der Waals surface area contributed by atoms with E-state index in [-0.39, 0.29) is 23.9 Å². The van der Waals surface area contributed by atoms with Crippen molar-refractivity contribution in [1.82, 2.24) is 10.2 Å². The number of nitrogens with zero attached hydrogens (tertiary/aromatic N) is 1. The first kappa shape index (κ1) is 17.7. The molecule has 1 N–H and O–H groups in total. The van der Waals surface area contributed by atoms with Crippen LogP contribution in [0.15, 0.2) is 56.9 Å². The number of hydrogen-bond donors (Lipinski definition) is 1. The Morgan fingerprint density at radius 3 is 2.67 bits per heavy atom. The third-order valence-corrected chi connectivity index (χ3v) is 5.87. The molecule has 136 valence electrons. The molecule has 3 amide bonds. The summed E-state index contributed by atoms with van der Waals surface area (Å²) in [4.78, 5) is 39.6. The zero-order valence-corrected chi connectivity index (χ0v) is 16.3. The van der Waals surface area contributed by atoms with Crippen LogP contribution in [0.25, 0.3) is 0 Å². The number of carbonyl (C=O) groups is 3. The molecule has 3 heterocycles. The van der Waals surface area contributed by atoms with E-state index in [2.05, 4.69) is 21.2 Å². The number of halogens is 1. The minimum atomic E-state index is -0.428. The molecule has 1 aromatic carbocycles. The first-order valence-electron chi connectivity index (χ1n) is 8.06. The van der Waals surface area contributed by atoms with E-state index in [1.54, 1.807) is 18.2 Å². The highest BCUT2D eigenvalue weighted by Crippen LogP contribution is 2.26. The van der Waals surface area contributed by atoms with Crippen molar-refractivity contribution in [3.63, 3.8) is 0 Å². The number of amides is 3. The Kier molecular flexibility index (Phi) is 4.67. The average molecular weight is 445 g/mol. The first-order valence-corrected chi connectivity index (χ1v) is 9.74. The van der Waals surface area contributed by atoms with Crippen LogP contribution < -0.4 is 5.32 Å². The number of imide groups is 1. The van der Waals surface area contributed by atoms with Gasteiger partial charge in [-0.15, -0.1) is 11.3 Å². The van der Waals surface area contributed by atoms with Gasteiger partial charge in [-0.25, -0.2) is 0 Å². The molecule has 27 heavy (non-hydrogen) atoms. The summed E-state index contributed by atoms with van der Waals surface area (Å²) in [6, 6.07) is 9.88.